The summed E-state index contributed by atoms with van der Waals surface area (Å²) < 4.78 is 22.6. The zero-order valence-corrected chi connectivity index (χ0v) is 13.0. The molecule has 0 heterocycles. The van der Waals surface area contributed by atoms with Gasteiger partial charge in [0.15, 0.2) is 0 Å². The van der Waals surface area contributed by atoms with Crippen molar-refractivity contribution in [3.63, 3.8) is 0 Å². The number of carboxylic acids is 1. The van der Waals surface area contributed by atoms with Gasteiger partial charge in [0.05, 0.1) is 0 Å². The highest BCUT2D eigenvalue weighted by molar-refractivity contribution is 7.77. The highest BCUT2D eigenvalue weighted by atomic mass is 32.2. The van der Waals surface area contributed by atoms with Crippen LogP contribution in [0.4, 0.5) is 0 Å². The zero-order valence-electron chi connectivity index (χ0n) is 12.1. The predicted molar refractivity (Wildman–Crippen MR) is 84.8 cm³/mol. The average Bonchev–Trinajstić information content (AvgIpc) is 2.48. The summed E-state index contributed by atoms with van der Waals surface area (Å²) in [6, 6.07) is 18.0. The van der Waals surface area contributed by atoms with Gasteiger partial charge in [0.25, 0.3) is 0 Å². The van der Waals surface area contributed by atoms with E-state index in [4.69, 9.17) is 5.11 Å². The molecular formula is C16H18NO4S-. The van der Waals surface area contributed by atoms with Crippen LogP contribution in [0.3, 0.4) is 0 Å². The number of hydrogen-bond acceptors (Lipinski definition) is 3. The van der Waals surface area contributed by atoms with Crippen LogP contribution in [0.2, 0.25) is 0 Å². The Morgan fingerprint density at radius 2 is 1.64 bits per heavy atom. The van der Waals surface area contributed by atoms with Gasteiger partial charge in [-0.25, -0.2) is 4.72 Å². The molecule has 0 aliphatic heterocycles. The summed E-state index contributed by atoms with van der Waals surface area (Å²) >= 11 is -2.57. The number of rotatable bonds is 5. The van der Waals surface area contributed by atoms with Crippen molar-refractivity contribution in [2.24, 2.45) is 0 Å². The second kappa shape index (κ2) is 9.83. The van der Waals surface area contributed by atoms with Gasteiger partial charge in [-0.15, -0.1) is 0 Å². The van der Waals surface area contributed by atoms with Crippen molar-refractivity contribution in [1.29, 1.82) is 0 Å². The minimum Gasteiger partial charge on any atom is -0.760 e. The molecule has 0 spiro atoms. The Labute approximate surface area is 132 Å². The fourth-order valence-corrected chi connectivity index (χ4v) is 2.10. The molecule has 0 fully saturated rings. The first kappa shape index (κ1) is 18.0. The van der Waals surface area contributed by atoms with Gasteiger partial charge in [-0.3, -0.25) is 9.00 Å². The van der Waals surface area contributed by atoms with E-state index < -0.39 is 23.3 Å². The molecule has 0 radical (unpaired) electrons. The normalized spacial score (nSPS) is 12.6. The highest BCUT2D eigenvalue weighted by Gasteiger charge is 2.17. The van der Waals surface area contributed by atoms with Crippen LogP contribution in [0.15, 0.2) is 60.7 Å². The van der Waals surface area contributed by atoms with Gasteiger partial charge in [-0.1, -0.05) is 66.2 Å². The van der Waals surface area contributed by atoms with Crippen LogP contribution in [0.25, 0.3) is 0 Å². The first-order valence-corrected chi connectivity index (χ1v) is 7.70. The third-order valence-electron chi connectivity index (χ3n) is 2.76. The summed E-state index contributed by atoms with van der Waals surface area (Å²) in [7, 11) is 0. The van der Waals surface area contributed by atoms with E-state index in [9.17, 15) is 13.6 Å². The van der Waals surface area contributed by atoms with Crippen molar-refractivity contribution in [2.75, 3.05) is 0 Å². The zero-order chi connectivity index (χ0) is 16.4. The lowest BCUT2D eigenvalue weighted by atomic mass is 10.1. The van der Waals surface area contributed by atoms with Crippen molar-refractivity contribution in [2.45, 2.75) is 19.4 Å². The van der Waals surface area contributed by atoms with E-state index in [1.54, 1.807) is 30.3 Å². The third-order valence-corrected chi connectivity index (χ3v) is 3.24. The lowest BCUT2D eigenvalue weighted by molar-refractivity contribution is -0.138. The van der Waals surface area contributed by atoms with E-state index in [0.29, 0.717) is 0 Å². The van der Waals surface area contributed by atoms with Crippen LogP contribution in [0.1, 0.15) is 11.1 Å². The quantitative estimate of drug-likeness (QED) is 0.825. The Hall–Kier alpha value is -2.02. The van der Waals surface area contributed by atoms with Crippen LogP contribution in [-0.2, 0) is 22.5 Å². The summed E-state index contributed by atoms with van der Waals surface area (Å²) in [5.74, 6) is -1.19. The molecule has 2 aromatic carbocycles. The number of benzene rings is 2. The third kappa shape index (κ3) is 7.68. The molecule has 2 rings (SSSR count). The Kier molecular flexibility index (Phi) is 8.06. The van der Waals surface area contributed by atoms with Crippen LogP contribution in [0.5, 0.6) is 0 Å². The van der Waals surface area contributed by atoms with E-state index in [2.05, 4.69) is 19.1 Å². The van der Waals surface area contributed by atoms with E-state index in [1.165, 1.54) is 5.56 Å². The molecule has 5 nitrogen and oxygen atoms in total. The molecule has 2 N–H and O–H groups in total. The van der Waals surface area contributed by atoms with Crippen molar-refractivity contribution < 1.29 is 18.7 Å². The van der Waals surface area contributed by atoms with Crippen molar-refractivity contribution in [1.82, 2.24) is 4.72 Å². The Bertz CT molecular complexity index is 590. The molecular weight excluding hydrogens is 302 g/mol. The average molecular weight is 320 g/mol. The lowest BCUT2D eigenvalue weighted by Crippen LogP contribution is -2.39. The highest BCUT2D eigenvalue weighted by Crippen LogP contribution is 2.03. The molecule has 0 saturated carbocycles. The summed E-state index contributed by atoms with van der Waals surface area (Å²) in [5, 5.41) is 8.75. The number of aryl methyl sites for hydroxylation is 1. The number of nitrogens with one attached hydrogen (secondary N) is 1. The van der Waals surface area contributed by atoms with E-state index in [1.807, 2.05) is 22.9 Å². The van der Waals surface area contributed by atoms with Gasteiger partial charge in [0.1, 0.15) is 6.04 Å². The first-order chi connectivity index (χ1) is 10.5. The maximum atomic E-state index is 10.7. The monoisotopic (exact) mass is 320 g/mol. The van der Waals surface area contributed by atoms with Gasteiger partial charge in [0, 0.05) is 11.3 Å². The van der Waals surface area contributed by atoms with Crippen molar-refractivity contribution >= 4 is 17.2 Å². The van der Waals surface area contributed by atoms with E-state index in [-0.39, 0.29) is 6.42 Å². The summed E-state index contributed by atoms with van der Waals surface area (Å²) in [6.45, 7) is 2.08. The van der Waals surface area contributed by atoms with Gasteiger partial charge < -0.3 is 9.66 Å². The fraction of sp³-hybridized carbons (Fsp3) is 0.188. The molecule has 118 valence electrons. The van der Waals surface area contributed by atoms with Crippen LogP contribution < -0.4 is 4.72 Å². The molecule has 0 aliphatic rings. The van der Waals surface area contributed by atoms with Gasteiger partial charge in [0.2, 0.25) is 0 Å². The molecule has 22 heavy (non-hydrogen) atoms. The van der Waals surface area contributed by atoms with Crippen molar-refractivity contribution in [3.8, 4) is 0 Å². The largest absolute Gasteiger partial charge is 0.760 e. The molecule has 2 atom stereocenters. The SMILES string of the molecule is Cc1ccccc1.O=C(O)[C@H](Cc1ccccc1)NS(=O)[O-]. The molecule has 0 aromatic heterocycles. The summed E-state index contributed by atoms with van der Waals surface area (Å²) in [4.78, 5) is 10.7. The predicted octanol–water partition coefficient (Wildman–Crippen LogP) is 2.06. The van der Waals surface area contributed by atoms with Crippen LogP contribution in [0, 0.1) is 6.92 Å². The number of carboxylic acid groups (broad SMARTS) is 1. The molecule has 0 amide bonds. The fourth-order valence-electron chi connectivity index (χ4n) is 1.68. The van der Waals surface area contributed by atoms with Gasteiger partial charge in [-0.2, -0.15) is 0 Å². The molecule has 1 unspecified atom stereocenters. The Morgan fingerprint density at radius 3 is 2.00 bits per heavy atom. The standard InChI is InChI=1S/C9H11NO4S.C7H8/c11-9(12)8(10-15(13)14)6-7-4-2-1-3-5-7;1-7-5-3-2-4-6-7/h1-5,8,10H,6H2,(H,11,12)(H,13,14);2-6H,1H3/p-1/t8-;/m0./s1. The molecule has 0 saturated heterocycles. The maximum Gasteiger partial charge on any atom is 0.321 e. The second-order valence-corrected chi connectivity index (χ2v) is 5.29. The molecule has 0 aliphatic carbocycles. The molecule has 6 heteroatoms. The first-order valence-electron chi connectivity index (χ1n) is 6.63. The van der Waals surface area contributed by atoms with E-state index in [0.717, 1.165) is 5.56 Å². The van der Waals surface area contributed by atoms with Crippen LogP contribution >= 0.6 is 0 Å². The van der Waals surface area contributed by atoms with E-state index >= 15 is 0 Å². The summed E-state index contributed by atoms with van der Waals surface area (Å²) in [5.41, 5.74) is 2.09. The van der Waals surface area contributed by atoms with Gasteiger partial charge >= 0.3 is 5.97 Å². The topological polar surface area (TPSA) is 89.5 Å². The van der Waals surface area contributed by atoms with Crippen LogP contribution in [-0.4, -0.2) is 25.9 Å². The minimum absolute atomic E-state index is 0.129. The Morgan fingerprint density at radius 1 is 1.14 bits per heavy atom. The van der Waals surface area contributed by atoms with Crippen molar-refractivity contribution in [3.05, 3.63) is 71.8 Å². The van der Waals surface area contributed by atoms with Gasteiger partial charge in [-0.05, 0) is 18.9 Å². The molecule has 2 aromatic rings. The minimum atomic E-state index is -2.57. The number of carbonyl (C=O) groups is 1. The lowest BCUT2D eigenvalue weighted by Gasteiger charge is -2.15. The maximum absolute atomic E-state index is 10.7. The second-order valence-electron chi connectivity index (χ2n) is 4.59. The smallest absolute Gasteiger partial charge is 0.321 e. The number of aliphatic carboxylic acids is 1. The Balaban J connectivity index is 0.000000287. The molecule has 0 bridgehead atoms. The summed E-state index contributed by atoms with van der Waals surface area (Å²) in [6.07, 6.45) is 0.129. The number of hydrogen-bond donors (Lipinski definition) is 2.